The van der Waals surface area contributed by atoms with Gasteiger partial charge in [0.1, 0.15) is 10.6 Å². The summed E-state index contributed by atoms with van der Waals surface area (Å²) in [6, 6.07) is 0.332. The summed E-state index contributed by atoms with van der Waals surface area (Å²) in [4.78, 5) is 14.6. The molecule has 6 nitrogen and oxygen atoms in total. The summed E-state index contributed by atoms with van der Waals surface area (Å²) >= 11 is 1.28. The fourth-order valence-electron chi connectivity index (χ4n) is 2.63. The number of anilines is 2. The monoisotopic (exact) mass is 309 g/mol. The molecule has 1 aromatic rings. The largest absolute Gasteiger partial charge is 0.382 e. The number of nitrogens with one attached hydrogen (secondary N) is 2. The maximum Gasteiger partial charge on any atom is 0.258 e. The van der Waals surface area contributed by atoms with Gasteiger partial charge in [-0.05, 0) is 63.3 Å². The van der Waals surface area contributed by atoms with Gasteiger partial charge in [0.15, 0.2) is 5.82 Å². The molecule has 1 aromatic heterocycles. The smallest absolute Gasteiger partial charge is 0.258 e. The molecule has 0 unspecified atom stereocenters. The van der Waals surface area contributed by atoms with Gasteiger partial charge >= 0.3 is 0 Å². The molecule has 1 saturated carbocycles. The highest BCUT2D eigenvalue weighted by Crippen LogP contribution is 2.29. The van der Waals surface area contributed by atoms with Crippen molar-refractivity contribution in [2.45, 2.75) is 31.7 Å². The third kappa shape index (κ3) is 3.65. The zero-order chi connectivity index (χ0) is 14.8. The summed E-state index contributed by atoms with van der Waals surface area (Å²) in [6.45, 7) is 3.18. The van der Waals surface area contributed by atoms with Crippen molar-refractivity contribution in [2.75, 3.05) is 37.7 Å². The van der Waals surface area contributed by atoms with Crippen molar-refractivity contribution in [3.63, 3.8) is 0 Å². The van der Waals surface area contributed by atoms with Gasteiger partial charge in [-0.1, -0.05) is 0 Å². The van der Waals surface area contributed by atoms with E-state index in [0.29, 0.717) is 23.3 Å². The first kappa shape index (κ1) is 14.6. The first-order chi connectivity index (χ1) is 10.1. The fourth-order valence-corrected chi connectivity index (χ4v) is 3.35. The Morgan fingerprint density at radius 1 is 1.38 bits per heavy atom. The van der Waals surface area contributed by atoms with Crippen LogP contribution in [0.25, 0.3) is 0 Å². The first-order valence-electron chi connectivity index (χ1n) is 7.62. The lowest BCUT2D eigenvalue weighted by Crippen LogP contribution is -2.33. The van der Waals surface area contributed by atoms with E-state index >= 15 is 0 Å². The van der Waals surface area contributed by atoms with E-state index in [1.807, 2.05) is 0 Å². The molecule has 2 fully saturated rings. The summed E-state index contributed by atoms with van der Waals surface area (Å²) in [5.41, 5.74) is 6.38. The van der Waals surface area contributed by atoms with Crippen LogP contribution in [0.3, 0.4) is 0 Å². The van der Waals surface area contributed by atoms with Crippen LogP contribution in [-0.4, -0.2) is 47.9 Å². The molecule has 21 heavy (non-hydrogen) atoms. The van der Waals surface area contributed by atoms with Crippen LogP contribution < -0.4 is 16.4 Å². The van der Waals surface area contributed by atoms with Crippen LogP contribution >= 0.6 is 11.5 Å². The summed E-state index contributed by atoms with van der Waals surface area (Å²) in [6.07, 6.45) is 4.53. The molecule has 0 atom stereocenters. The highest BCUT2D eigenvalue weighted by Gasteiger charge is 2.27. The predicted molar refractivity (Wildman–Crippen MR) is 85.7 cm³/mol. The normalized spacial score (nSPS) is 20.4. The summed E-state index contributed by atoms with van der Waals surface area (Å²) in [5.74, 6) is 0.905. The van der Waals surface area contributed by atoms with Crippen molar-refractivity contribution in [3.8, 4) is 0 Å². The van der Waals surface area contributed by atoms with Crippen molar-refractivity contribution in [1.82, 2.24) is 14.6 Å². The topological polar surface area (TPSA) is 83.3 Å². The lowest BCUT2D eigenvalue weighted by molar-refractivity contribution is 0.0953. The van der Waals surface area contributed by atoms with Gasteiger partial charge in [-0.2, -0.15) is 4.37 Å². The molecule has 0 bridgehead atoms. The maximum absolute atomic E-state index is 12.2. The average molecular weight is 309 g/mol. The van der Waals surface area contributed by atoms with Crippen LogP contribution in [0.4, 0.5) is 10.8 Å². The highest BCUT2D eigenvalue weighted by atomic mass is 32.1. The minimum atomic E-state index is -0.0883. The zero-order valence-corrected chi connectivity index (χ0v) is 13.2. The number of piperidine rings is 1. The van der Waals surface area contributed by atoms with Crippen LogP contribution in [0.15, 0.2) is 0 Å². The lowest BCUT2D eigenvalue weighted by Gasteiger charge is -2.29. The molecular formula is C14H23N5OS. The van der Waals surface area contributed by atoms with E-state index in [0.717, 1.165) is 37.5 Å². The summed E-state index contributed by atoms with van der Waals surface area (Å²) < 4.78 is 4.13. The Bertz CT molecular complexity index is 505. The maximum atomic E-state index is 12.2. The van der Waals surface area contributed by atoms with Gasteiger partial charge in [0, 0.05) is 12.6 Å². The second kappa shape index (κ2) is 6.19. The third-order valence-corrected chi connectivity index (χ3v) is 5.07. The number of nitrogens with two attached hydrogens (primary N) is 1. The second-order valence-corrected chi connectivity index (χ2v) is 6.92. The summed E-state index contributed by atoms with van der Waals surface area (Å²) in [7, 11) is 2.16. The first-order valence-corrected chi connectivity index (χ1v) is 8.39. The van der Waals surface area contributed by atoms with Gasteiger partial charge in [-0.25, -0.2) is 0 Å². The lowest BCUT2D eigenvalue weighted by atomic mass is 9.97. The van der Waals surface area contributed by atoms with Gasteiger partial charge in [0.2, 0.25) is 0 Å². The number of amides is 1. The molecule has 1 aliphatic heterocycles. The molecular weight excluding hydrogens is 286 g/mol. The Hall–Kier alpha value is -1.34. The van der Waals surface area contributed by atoms with Crippen LogP contribution in [-0.2, 0) is 0 Å². The fraction of sp³-hybridized carbons (Fsp3) is 0.714. The van der Waals surface area contributed by atoms with Gasteiger partial charge < -0.3 is 21.3 Å². The number of carbonyl (C=O) groups is 1. The Kier molecular flexibility index (Phi) is 4.30. The molecule has 0 radical (unpaired) electrons. The van der Waals surface area contributed by atoms with Crippen molar-refractivity contribution < 1.29 is 4.79 Å². The quantitative estimate of drug-likeness (QED) is 0.765. The van der Waals surface area contributed by atoms with E-state index in [-0.39, 0.29) is 5.91 Å². The highest BCUT2D eigenvalue weighted by molar-refractivity contribution is 7.11. The molecule has 116 valence electrons. The Balaban J connectivity index is 1.58. The van der Waals surface area contributed by atoms with E-state index in [9.17, 15) is 4.79 Å². The Morgan fingerprint density at radius 2 is 2.10 bits per heavy atom. The average Bonchev–Trinajstić information content (AvgIpc) is 3.19. The van der Waals surface area contributed by atoms with Crippen molar-refractivity contribution in [2.24, 2.45) is 5.92 Å². The number of nitrogen functional groups attached to an aromatic ring is 1. The molecule has 2 aliphatic rings. The van der Waals surface area contributed by atoms with E-state index in [1.165, 1.54) is 24.4 Å². The number of nitrogens with zero attached hydrogens (tertiary/aromatic N) is 2. The number of hydrogen-bond donors (Lipinski definition) is 3. The molecule has 1 saturated heterocycles. The molecule has 3 rings (SSSR count). The zero-order valence-electron chi connectivity index (χ0n) is 12.4. The molecule has 7 heteroatoms. The van der Waals surface area contributed by atoms with Gasteiger partial charge in [0.05, 0.1) is 0 Å². The summed E-state index contributed by atoms with van der Waals surface area (Å²) in [5, 5.41) is 7.18. The minimum Gasteiger partial charge on any atom is -0.382 e. The van der Waals surface area contributed by atoms with Gasteiger partial charge in [-0.15, -0.1) is 0 Å². The number of rotatable bonds is 5. The molecule has 4 N–H and O–H groups in total. The molecule has 2 heterocycles. The van der Waals surface area contributed by atoms with Crippen LogP contribution in [0.1, 0.15) is 36.0 Å². The van der Waals surface area contributed by atoms with Crippen LogP contribution in [0.5, 0.6) is 0 Å². The molecule has 0 aromatic carbocycles. The SMILES string of the molecule is CN1CCC(CNc2snc(N)c2C(=O)NC2CC2)CC1. The Labute approximate surface area is 129 Å². The van der Waals surface area contributed by atoms with Crippen LogP contribution in [0.2, 0.25) is 0 Å². The van der Waals surface area contributed by atoms with E-state index in [4.69, 9.17) is 5.73 Å². The van der Waals surface area contributed by atoms with Crippen molar-refractivity contribution in [1.29, 1.82) is 0 Å². The van der Waals surface area contributed by atoms with Crippen molar-refractivity contribution >= 4 is 28.3 Å². The molecule has 1 aliphatic carbocycles. The van der Waals surface area contributed by atoms with Gasteiger partial charge in [0.25, 0.3) is 5.91 Å². The standard InChI is InChI=1S/C14H23N5OS/c1-19-6-4-9(5-7-19)8-16-14-11(12(15)18-21-14)13(20)17-10-2-3-10/h9-10,16H,2-8H2,1H3,(H2,15,18)(H,17,20). The molecule has 0 spiro atoms. The van der Waals surface area contributed by atoms with Gasteiger partial charge in [-0.3, -0.25) is 4.79 Å². The van der Waals surface area contributed by atoms with E-state index in [2.05, 4.69) is 27.0 Å². The number of aromatic nitrogens is 1. The number of hydrogen-bond acceptors (Lipinski definition) is 6. The Morgan fingerprint density at radius 3 is 2.76 bits per heavy atom. The minimum absolute atomic E-state index is 0.0883. The van der Waals surface area contributed by atoms with E-state index in [1.54, 1.807) is 0 Å². The predicted octanol–water partition coefficient (Wildman–Crippen LogP) is 1.37. The second-order valence-electron chi connectivity index (χ2n) is 6.15. The molecule has 1 amide bonds. The third-order valence-electron chi connectivity index (χ3n) is 4.25. The van der Waals surface area contributed by atoms with Crippen LogP contribution in [0, 0.1) is 5.92 Å². The number of carbonyl (C=O) groups excluding carboxylic acids is 1. The van der Waals surface area contributed by atoms with Crippen molar-refractivity contribution in [3.05, 3.63) is 5.56 Å². The number of likely N-dealkylation sites (tertiary alicyclic amines) is 1. The van der Waals surface area contributed by atoms with E-state index < -0.39 is 0 Å².